The number of nitrogens with zero attached hydrogens (tertiary/aromatic N) is 6. The number of amides is 2. The number of imide groups is 1. The standard InChI is InChI=1S/C14H11N3O2.C7H10N2O.C6H9N3.2C6H8N2O.C6H8N2/c1-8-11(15)6-7-12(16-8)17-13(18)9-4-2-3-5-10(9)14(17)19;1-5-3-7(10-2)9-4-6(5)8;1-4-2-5(7)3-9-6(4)8;1-4-2-5(9)3-8-6(4)7;1-4-5(7)2-3-6(9)8-4;1-5-4-8-3-2-6(5)7/h2-7H,15H2,1H3;3-4H,8H2,1-2H3;2-3H,7H2,1H3,(H2,8,9);2-3,9H,1H3,(H2,7,8);2-3H,7H2,1H3,(H,8,9);2-4H,1H3,(H2,7,8). The maximum absolute atomic E-state index is 12.2. The van der Waals surface area contributed by atoms with E-state index in [1.807, 2.05) is 20.8 Å². The van der Waals surface area contributed by atoms with Crippen LogP contribution in [0, 0.1) is 41.5 Å². The molecule has 1 aliphatic rings. The maximum atomic E-state index is 12.2. The molecular formula is C45H54N14O5. The second-order valence-electron chi connectivity index (χ2n) is 13.9. The molecule has 1 aromatic carbocycles. The van der Waals surface area contributed by atoms with Gasteiger partial charge in [0.2, 0.25) is 11.4 Å². The number of aromatic nitrogens is 6. The Morgan fingerprint density at radius 1 is 0.594 bits per heavy atom. The van der Waals surface area contributed by atoms with E-state index in [2.05, 4.69) is 29.9 Å². The Labute approximate surface area is 370 Å². The number of nitrogens with one attached hydrogen (secondary N) is 1. The van der Waals surface area contributed by atoms with Gasteiger partial charge in [-0.2, -0.15) is 0 Å². The minimum absolute atomic E-state index is 0.110. The Balaban J connectivity index is 0.000000212. The first-order valence-corrected chi connectivity index (χ1v) is 19.2. The SMILES string of the molecule is COc1cc(C)c(N)cn1.Cc1[nH]c(=O)ccc1N.Cc1cc(N)cnc1N.Cc1cc(O)cnc1N.Cc1cnccc1N.Cc1nc(N2C(=O)c3ccccc3C2=O)ccc1N. The Bertz CT molecular complexity index is 2660. The fraction of sp³-hybridized carbons (Fsp3) is 0.156. The van der Waals surface area contributed by atoms with Gasteiger partial charge in [-0.1, -0.05) is 12.1 Å². The normalized spacial score (nSPS) is 10.7. The molecule has 2 amide bonds. The number of carbonyl (C=O) groups is 2. The van der Waals surface area contributed by atoms with Gasteiger partial charge in [0.1, 0.15) is 23.2 Å². The van der Waals surface area contributed by atoms with Gasteiger partial charge < -0.3 is 55.0 Å². The van der Waals surface area contributed by atoms with Gasteiger partial charge in [0, 0.05) is 35.9 Å². The number of hydrogen-bond donors (Lipinski definition) is 9. The molecule has 16 N–H and O–H groups in total. The van der Waals surface area contributed by atoms with E-state index in [0.29, 0.717) is 62.9 Å². The van der Waals surface area contributed by atoms with Crippen molar-refractivity contribution >= 4 is 57.7 Å². The van der Waals surface area contributed by atoms with E-state index >= 15 is 0 Å². The summed E-state index contributed by atoms with van der Waals surface area (Å²) in [5.74, 6) is 1.37. The van der Waals surface area contributed by atoms with Crippen molar-refractivity contribution in [2.45, 2.75) is 41.5 Å². The molecule has 19 heteroatoms. The predicted octanol–water partition coefficient (Wildman–Crippen LogP) is 5.22. The lowest BCUT2D eigenvalue weighted by molar-refractivity contribution is 0.0925. The van der Waals surface area contributed by atoms with E-state index in [1.165, 1.54) is 12.3 Å². The smallest absolute Gasteiger partial charge is 0.267 e. The van der Waals surface area contributed by atoms with Crippen LogP contribution in [0.1, 0.15) is 54.4 Å². The Kier molecular flexibility index (Phi) is 18.1. The molecule has 334 valence electrons. The summed E-state index contributed by atoms with van der Waals surface area (Å²) in [6.07, 6.45) is 7.89. The van der Waals surface area contributed by atoms with Crippen LogP contribution in [0.15, 0.2) is 109 Å². The molecular weight excluding hydrogens is 817 g/mol. The number of methoxy groups -OCH3 is 1. The third-order valence-electron chi connectivity index (χ3n) is 8.94. The number of pyridine rings is 6. The number of aromatic hydroxyl groups is 1. The minimum Gasteiger partial charge on any atom is -0.506 e. The van der Waals surface area contributed by atoms with Crippen LogP contribution in [-0.2, 0) is 0 Å². The van der Waals surface area contributed by atoms with E-state index in [9.17, 15) is 14.4 Å². The zero-order valence-electron chi connectivity index (χ0n) is 36.6. The van der Waals surface area contributed by atoms with E-state index in [4.69, 9.17) is 50.0 Å². The molecule has 0 bridgehead atoms. The van der Waals surface area contributed by atoms with E-state index in [1.54, 1.807) is 119 Å². The number of benzene rings is 1. The second kappa shape index (κ2) is 23.3. The summed E-state index contributed by atoms with van der Waals surface area (Å²) in [6, 6.07) is 19.9. The van der Waals surface area contributed by atoms with Gasteiger partial charge in [-0.05, 0) is 112 Å². The average molecular weight is 871 g/mol. The van der Waals surface area contributed by atoms with Gasteiger partial charge in [-0.3, -0.25) is 19.4 Å². The van der Waals surface area contributed by atoms with E-state index in [-0.39, 0.29) is 23.1 Å². The molecule has 19 nitrogen and oxygen atoms in total. The van der Waals surface area contributed by atoms with Gasteiger partial charge in [0.25, 0.3) is 11.8 Å². The summed E-state index contributed by atoms with van der Waals surface area (Å²) in [6.45, 7) is 11.0. The summed E-state index contributed by atoms with van der Waals surface area (Å²) in [5, 5.41) is 8.82. The second-order valence-corrected chi connectivity index (χ2v) is 13.9. The lowest BCUT2D eigenvalue weighted by Crippen LogP contribution is -2.30. The third kappa shape index (κ3) is 14.5. The zero-order chi connectivity index (χ0) is 47.7. The molecule has 0 spiro atoms. The van der Waals surface area contributed by atoms with Gasteiger partial charge in [0.05, 0.1) is 65.3 Å². The fourth-order valence-corrected chi connectivity index (χ4v) is 4.98. The van der Waals surface area contributed by atoms with Crippen molar-refractivity contribution in [1.82, 2.24) is 29.9 Å². The van der Waals surface area contributed by atoms with Crippen LogP contribution in [0.3, 0.4) is 0 Å². The molecule has 0 aliphatic carbocycles. The van der Waals surface area contributed by atoms with Gasteiger partial charge in [0.15, 0.2) is 0 Å². The molecule has 8 rings (SSSR count). The number of hydrogen-bond acceptors (Lipinski definition) is 17. The van der Waals surface area contributed by atoms with Gasteiger partial charge >= 0.3 is 0 Å². The van der Waals surface area contributed by atoms with Crippen LogP contribution >= 0.6 is 0 Å². The number of nitrogen functional groups attached to an aromatic ring is 7. The molecule has 0 saturated carbocycles. The summed E-state index contributed by atoms with van der Waals surface area (Å²) in [4.78, 5) is 58.2. The number of anilines is 8. The molecule has 64 heavy (non-hydrogen) atoms. The van der Waals surface area contributed by atoms with Crippen molar-refractivity contribution in [2.24, 2.45) is 0 Å². The predicted molar refractivity (Wildman–Crippen MR) is 253 cm³/mol. The molecule has 7 aromatic rings. The first-order chi connectivity index (χ1) is 30.2. The van der Waals surface area contributed by atoms with Gasteiger partial charge in [-0.15, -0.1) is 0 Å². The number of nitrogens with two attached hydrogens (primary N) is 7. The van der Waals surface area contributed by atoms with Crippen LogP contribution in [0.5, 0.6) is 11.6 Å². The number of rotatable bonds is 2. The highest BCUT2D eigenvalue weighted by Crippen LogP contribution is 2.28. The van der Waals surface area contributed by atoms with Crippen molar-refractivity contribution in [1.29, 1.82) is 0 Å². The summed E-state index contributed by atoms with van der Waals surface area (Å²) in [5.41, 5.74) is 47.4. The van der Waals surface area contributed by atoms with Crippen LogP contribution in [0.4, 0.5) is 45.9 Å². The molecule has 0 fully saturated rings. The number of aryl methyl sites for hydroxylation is 6. The quantitative estimate of drug-likeness (QED) is 0.100. The summed E-state index contributed by atoms with van der Waals surface area (Å²) >= 11 is 0. The van der Waals surface area contributed by atoms with Crippen molar-refractivity contribution in [3.05, 3.63) is 159 Å². The van der Waals surface area contributed by atoms with E-state index in [0.717, 1.165) is 38.5 Å². The monoisotopic (exact) mass is 870 g/mol. The molecule has 0 atom stereocenters. The van der Waals surface area contributed by atoms with Crippen molar-refractivity contribution < 1.29 is 19.4 Å². The molecule has 0 unspecified atom stereocenters. The molecule has 0 radical (unpaired) electrons. The lowest BCUT2D eigenvalue weighted by atomic mass is 10.1. The fourth-order valence-electron chi connectivity index (χ4n) is 4.98. The third-order valence-corrected chi connectivity index (χ3v) is 8.94. The Morgan fingerprint density at radius 2 is 1.19 bits per heavy atom. The highest BCUT2D eigenvalue weighted by Gasteiger charge is 2.37. The number of H-pyrrole nitrogens is 1. The molecule has 0 saturated heterocycles. The largest absolute Gasteiger partial charge is 0.506 e. The number of carbonyl (C=O) groups excluding carboxylic acids is 2. The van der Waals surface area contributed by atoms with E-state index < -0.39 is 0 Å². The summed E-state index contributed by atoms with van der Waals surface area (Å²) < 4.78 is 4.88. The summed E-state index contributed by atoms with van der Waals surface area (Å²) in [7, 11) is 1.58. The molecule has 7 heterocycles. The topological polar surface area (TPSA) is 346 Å². The van der Waals surface area contributed by atoms with Crippen LogP contribution in [0.25, 0.3) is 0 Å². The molecule has 6 aromatic heterocycles. The first kappa shape index (κ1) is 49.6. The van der Waals surface area contributed by atoms with Crippen molar-refractivity contribution in [3.63, 3.8) is 0 Å². The number of fused-ring (bicyclic) bond motifs is 1. The Hall–Kier alpha value is -8.74. The first-order valence-electron chi connectivity index (χ1n) is 19.2. The maximum Gasteiger partial charge on any atom is 0.267 e. The highest BCUT2D eigenvalue weighted by atomic mass is 16.5. The van der Waals surface area contributed by atoms with Crippen molar-refractivity contribution in [3.8, 4) is 11.6 Å². The van der Waals surface area contributed by atoms with Crippen molar-refractivity contribution in [2.75, 3.05) is 52.1 Å². The number of aromatic amines is 1. The van der Waals surface area contributed by atoms with Crippen LogP contribution < -0.4 is 55.3 Å². The average Bonchev–Trinajstić information content (AvgIpc) is 3.52. The lowest BCUT2D eigenvalue weighted by Gasteiger charge is -2.13. The zero-order valence-corrected chi connectivity index (χ0v) is 36.6. The minimum atomic E-state index is -0.350. The molecule has 1 aliphatic heterocycles. The highest BCUT2D eigenvalue weighted by molar-refractivity contribution is 6.34. The Morgan fingerprint density at radius 3 is 1.64 bits per heavy atom. The van der Waals surface area contributed by atoms with Crippen LogP contribution in [0.2, 0.25) is 0 Å². The van der Waals surface area contributed by atoms with Gasteiger partial charge in [-0.25, -0.2) is 24.8 Å². The van der Waals surface area contributed by atoms with Crippen LogP contribution in [-0.4, -0.2) is 53.9 Å². The number of ether oxygens (including phenoxy) is 1.